The molecule has 0 radical (unpaired) electrons. The van der Waals surface area contributed by atoms with E-state index >= 15 is 0 Å². The lowest BCUT2D eigenvalue weighted by Gasteiger charge is -2.10. The van der Waals surface area contributed by atoms with Gasteiger partial charge in [-0.05, 0) is 32.2 Å². The lowest BCUT2D eigenvalue weighted by molar-refractivity contribution is 0.338. The molecule has 0 saturated carbocycles. The van der Waals surface area contributed by atoms with Crippen LogP contribution in [-0.2, 0) is 0 Å². The van der Waals surface area contributed by atoms with E-state index in [4.69, 9.17) is 9.47 Å². The summed E-state index contributed by atoms with van der Waals surface area (Å²) in [5.74, 6) is 2.74. The number of hydrogen-bond acceptors (Lipinski definition) is 6. The second kappa shape index (κ2) is 7.73. The maximum Gasteiger partial charge on any atom is 0.225 e. The number of thioether (sulfide) groups is 1. The predicted octanol–water partition coefficient (Wildman–Crippen LogP) is 3.82. The highest BCUT2D eigenvalue weighted by Gasteiger charge is 2.06. The van der Waals surface area contributed by atoms with Crippen LogP contribution in [0.1, 0.15) is 13.8 Å². The molecule has 1 aromatic heterocycles. The summed E-state index contributed by atoms with van der Waals surface area (Å²) in [6, 6.07) is 9.29. The second-order valence-corrected chi connectivity index (χ2v) is 4.89. The Morgan fingerprint density at radius 2 is 1.95 bits per heavy atom. The fraction of sp³-hybridized carbons (Fsp3) is 0.333. The summed E-state index contributed by atoms with van der Waals surface area (Å²) in [5, 5.41) is 3.84. The molecule has 112 valence electrons. The number of aromatic nitrogens is 2. The monoisotopic (exact) mass is 305 g/mol. The van der Waals surface area contributed by atoms with Crippen molar-refractivity contribution < 1.29 is 9.47 Å². The molecule has 0 saturated heterocycles. The number of benzene rings is 1. The van der Waals surface area contributed by atoms with Crippen LogP contribution in [-0.4, -0.2) is 29.4 Å². The Morgan fingerprint density at radius 3 is 2.67 bits per heavy atom. The quantitative estimate of drug-likeness (QED) is 0.620. The smallest absolute Gasteiger partial charge is 0.225 e. The Morgan fingerprint density at radius 1 is 1.14 bits per heavy atom. The maximum absolute atomic E-state index is 5.81. The van der Waals surface area contributed by atoms with Crippen molar-refractivity contribution in [2.45, 2.75) is 19.0 Å². The van der Waals surface area contributed by atoms with Crippen LogP contribution in [0.5, 0.6) is 17.4 Å². The van der Waals surface area contributed by atoms with Crippen LogP contribution in [0.3, 0.4) is 0 Å². The van der Waals surface area contributed by atoms with Gasteiger partial charge in [0.15, 0.2) is 5.16 Å². The molecule has 1 heterocycles. The molecule has 0 aliphatic carbocycles. The molecule has 2 aromatic rings. The van der Waals surface area contributed by atoms with Crippen LogP contribution in [0.2, 0.25) is 0 Å². The van der Waals surface area contributed by atoms with E-state index in [2.05, 4.69) is 15.3 Å². The van der Waals surface area contributed by atoms with Crippen molar-refractivity contribution in [3.05, 3.63) is 30.3 Å². The number of hydrogen-bond donors (Lipinski definition) is 1. The first-order valence-electron chi connectivity index (χ1n) is 6.82. The van der Waals surface area contributed by atoms with E-state index in [1.807, 2.05) is 44.4 Å². The fourth-order valence-electron chi connectivity index (χ4n) is 1.73. The minimum absolute atomic E-state index is 0.513. The molecule has 0 bridgehead atoms. The zero-order valence-corrected chi connectivity index (χ0v) is 13.2. The van der Waals surface area contributed by atoms with Gasteiger partial charge in [0.1, 0.15) is 17.3 Å². The highest BCUT2D eigenvalue weighted by atomic mass is 32.2. The first kappa shape index (κ1) is 15.4. The normalized spacial score (nSPS) is 10.2. The molecule has 0 aliphatic heterocycles. The lowest BCUT2D eigenvalue weighted by Crippen LogP contribution is -2.02. The largest absolute Gasteiger partial charge is 0.494 e. The SMILES string of the molecule is CCNc1cc(Oc2cccc(OCC)c2)nc(SC)n1. The van der Waals surface area contributed by atoms with Gasteiger partial charge in [0, 0.05) is 18.7 Å². The van der Waals surface area contributed by atoms with Gasteiger partial charge in [-0.25, -0.2) is 4.98 Å². The van der Waals surface area contributed by atoms with E-state index in [1.54, 1.807) is 6.07 Å². The first-order chi connectivity index (χ1) is 10.2. The number of ether oxygens (including phenoxy) is 2. The highest BCUT2D eigenvalue weighted by Crippen LogP contribution is 2.26. The van der Waals surface area contributed by atoms with Gasteiger partial charge >= 0.3 is 0 Å². The van der Waals surface area contributed by atoms with Crippen molar-refractivity contribution in [2.75, 3.05) is 24.7 Å². The minimum Gasteiger partial charge on any atom is -0.494 e. The number of anilines is 1. The summed E-state index contributed by atoms with van der Waals surface area (Å²) >= 11 is 1.48. The standard InChI is InChI=1S/C15H19N3O2S/c1-4-16-13-10-14(18-15(17-13)21-3)20-12-8-6-7-11(9-12)19-5-2/h6-10H,4-5H2,1-3H3,(H,16,17,18). The Labute approximate surface area is 129 Å². The summed E-state index contributed by atoms with van der Waals surface area (Å²) in [5.41, 5.74) is 0. The zero-order chi connectivity index (χ0) is 15.1. The average Bonchev–Trinajstić information content (AvgIpc) is 2.48. The number of rotatable bonds is 7. The molecule has 6 heteroatoms. The van der Waals surface area contributed by atoms with Crippen LogP contribution < -0.4 is 14.8 Å². The summed E-state index contributed by atoms with van der Waals surface area (Å²) in [6.45, 7) is 5.39. The minimum atomic E-state index is 0.513. The topological polar surface area (TPSA) is 56.3 Å². The Bertz CT molecular complexity index is 593. The van der Waals surface area contributed by atoms with Crippen molar-refractivity contribution in [1.82, 2.24) is 9.97 Å². The Kier molecular flexibility index (Phi) is 5.68. The molecule has 0 spiro atoms. The van der Waals surface area contributed by atoms with Crippen molar-refractivity contribution >= 4 is 17.6 Å². The summed E-state index contributed by atoms with van der Waals surface area (Å²) in [6.07, 6.45) is 1.94. The second-order valence-electron chi connectivity index (χ2n) is 4.12. The van der Waals surface area contributed by atoms with Crippen molar-refractivity contribution in [1.29, 1.82) is 0 Å². The van der Waals surface area contributed by atoms with Gasteiger partial charge in [0.05, 0.1) is 6.61 Å². The molecular weight excluding hydrogens is 286 g/mol. The van der Waals surface area contributed by atoms with E-state index in [9.17, 15) is 0 Å². The average molecular weight is 305 g/mol. The van der Waals surface area contributed by atoms with Crippen molar-refractivity contribution in [2.24, 2.45) is 0 Å². The molecule has 0 fully saturated rings. The third-order valence-corrected chi connectivity index (χ3v) is 3.11. The molecule has 5 nitrogen and oxygen atoms in total. The summed E-state index contributed by atoms with van der Waals surface area (Å²) < 4.78 is 11.3. The van der Waals surface area contributed by atoms with Gasteiger partial charge in [-0.2, -0.15) is 4.98 Å². The van der Waals surface area contributed by atoms with Crippen LogP contribution in [0.25, 0.3) is 0 Å². The van der Waals surface area contributed by atoms with E-state index in [0.29, 0.717) is 23.4 Å². The van der Waals surface area contributed by atoms with Gasteiger partial charge in [-0.1, -0.05) is 17.8 Å². The molecule has 21 heavy (non-hydrogen) atoms. The predicted molar refractivity (Wildman–Crippen MR) is 85.7 cm³/mol. The van der Waals surface area contributed by atoms with Gasteiger partial charge in [-0.3, -0.25) is 0 Å². The Hall–Kier alpha value is -1.95. The number of nitrogens with one attached hydrogen (secondary N) is 1. The molecule has 1 N–H and O–H groups in total. The summed E-state index contributed by atoms with van der Waals surface area (Å²) in [4.78, 5) is 8.72. The van der Waals surface area contributed by atoms with Crippen molar-refractivity contribution in [3.8, 4) is 17.4 Å². The molecule has 2 rings (SSSR count). The molecule has 1 aromatic carbocycles. The van der Waals surface area contributed by atoms with Crippen LogP contribution in [0.4, 0.5) is 5.82 Å². The van der Waals surface area contributed by atoms with Crippen LogP contribution >= 0.6 is 11.8 Å². The molecule has 0 atom stereocenters. The van der Waals surface area contributed by atoms with Crippen molar-refractivity contribution in [3.63, 3.8) is 0 Å². The fourth-order valence-corrected chi connectivity index (χ4v) is 2.10. The van der Waals surface area contributed by atoms with Crippen LogP contribution in [0, 0.1) is 0 Å². The molecule has 0 unspecified atom stereocenters. The van der Waals surface area contributed by atoms with E-state index in [1.165, 1.54) is 11.8 Å². The van der Waals surface area contributed by atoms with Crippen LogP contribution in [0.15, 0.2) is 35.5 Å². The molecule has 0 amide bonds. The lowest BCUT2D eigenvalue weighted by atomic mass is 10.3. The molecule has 0 aliphatic rings. The van der Waals surface area contributed by atoms with E-state index < -0.39 is 0 Å². The van der Waals surface area contributed by atoms with E-state index in [-0.39, 0.29) is 0 Å². The highest BCUT2D eigenvalue weighted by molar-refractivity contribution is 7.98. The van der Waals surface area contributed by atoms with Gasteiger partial charge in [-0.15, -0.1) is 0 Å². The van der Waals surface area contributed by atoms with Gasteiger partial charge < -0.3 is 14.8 Å². The first-order valence-corrected chi connectivity index (χ1v) is 8.05. The zero-order valence-electron chi connectivity index (χ0n) is 12.4. The third-order valence-electron chi connectivity index (χ3n) is 2.56. The molecular formula is C15H19N3O2S. The number of nitrogens with zero attached hydrogens (tertiary/aromatic N) is 2. The summed E-state index contributed by atoms with van der Waals surface area (Å²) in [7, 11) is 0. The maximum atomic E-state index is 5.81. The van der Waals surface area contributed by atoms with Gasteiger partial charge in [0.25, 0.3) is 0 Å². The van der Waals surface area contributed by atoms with Gasteiger partial charge in [0.2, 0.25) is 5.88 Å². The Balaban J connectivity index is 2.21. The van der Waals surface area contributed by atoms with E-state index in [0.717, 1.165) is 18.1 Å². The third kappa shape index (κ3) is 4.53.